The summed E-state index contributed by atoms with van der Waals surface area (Å²) in [6.45, 7) is 0. The van der Waals surface area contributed by atoms with Crippen molar-refractivity contribution in [3.63, 3.8) is 0 Å². The number of rotatable bonds is 3. The maximum Gasteiger partial charge on any atom is 0.140 e. The van der Waals surface area contributed by atoms with Crippen molar-refractivity contribution in [2.24, 2.45) is 0 Å². The summed E-state index contributed by atoms with van der Waals surface area (Å²) < 4.78 is 0. The number of nitrogens with zero attached hydrogens (tertiary/aromatic N) is 2. The quantitative estimate of drug-likeness (QED) is 0.439. The molecule has 0 aliphatic heterocycles. The van der Waals surface area contributed by atoms with Gasteiger partial charge in [-0.15, -0.1) is 0 Å². The van der Waals surface area contributed by atoms with E-state index in [0.717, 1.165) is 0 Å². The van der Waals surface area contributed by atoms with Gasteiger partial charge in [0.25, 0.3) is 0 Å². The van der Waals surface area contributed by atoms with Crippen LogP contribution in [-0.4, -0.2) is 32.0 Å². The summed E-state index contributed by atoms with van der Waals surface area (Å²) in [5, 5.41) is 19.0. The summed E-state index contributed by atoms with van der Waals surface area (Å²) in [5.74, 6) is 0.143. The number of thiol groups is 1. The number of nitrogens with two attached hydrogens (primary N) is 1. The molecule has 4 N–H and O–H groups in total. The Morgan fingerprint density at radius 3 is 2.64 bits per heavy atom. The molecule has 14 heavy (non-hydrogen) atoms. The topological polar surface area (TPSA) is 92.3 Å². The van der Waals surface area contributed by atoms with Crippen LogP contribution < -0.4 is 5.73 Å². The van der Waals surface area contributed by atoms with Gasteiger partial charge in [-0.25, -0.2) is 9.97 Å². The van der Waals surface area contributed by atoms with Crippen molar-refractivity contribution in [1.29, 1.82) is 0 Å². The summed E-state index contributed by atoms with van der Waals surface area (Å²) in [5.41, 5.74) is 5.62. The monoisotopic (exact) mass is 235 g/mol. The fraction of sp³-hybridized carbons (Fsp3) is 0.429. The number of halogens is 1. The van der Waals surface area contributed by atoms with Gasteiger partial charge in [0.1, 0.15) is 23.4 Å². The first kappa shape index (κ1) is 11.5. The van der Waals surface area contributed by atoms with Crippen LogP contribution in [0.25, 0.3) is 0 Å². The van der Waals surface area contributed by atoms with E-state index >= 15 is 0 Å². The lowest BCUT2D eigenvalue weighted by Gasteiger charge is -2.17. The number of aliphatic hydroxyl groups excluding tert-OH is 2. The fourth-order valence-corrected chi connectivity index (χ4v) is 1.40. The third-order valence-electron chi connectivity index (χ3n) is 1.71. The second-order valence-electron chi connectivity index (χ2n) is 2.66. The van der Waals surface area contributed by atoms with Crippen LogP contribution in [0.5, 0.6) is 0 Å². The molecule has 1 aromatic rings. The maximum atomic E-state index is 9.61. The van der Waals surface area contributed by atoms with Crippen LogP contribution in [-0.2, 0) is 0 Å². The second kappa shape index (κ2) is 4.79. The zero-order valence-electron chi connectivity index (χ0n) is 7.13. The van der Waals surface area contributed by atoms with E-state index in [4.69, 9.17) is 17.3 Å². The predicted octanol–water partition coefficient (Wildman–Crippen LogP) is 0.0363. The van der Waals surface area contributed by atoms with Gasteiger partial charge in [-0.2, -0.15) is 12.6 Å². The van der Waals surface area contributed by atoms with Gasteiger partial charge in [0.2, 0.25) is 0 Å². The van der Waals surface area contributed by atoms with Gasteiger partial charge in [0.05, 0.1) is 11.7 Å². The largest absolute Gasteiger partial charge is 0.389 e. The molecule has 0 amide bonds. The van der Waals surface area contributed by atoms with Crippen molar-refractivity contribution in [2.45, 2.75) is 12.2 Å². The molecule has 5 nitrogen and oxygen atoms in total. The minimum Gasteiger partial charge on any atom is -0.389 e. The van der Waals surface area contributed by atoms with E-state index in [9.17, 15) is 10.2 Å². The Morgan fingerprint density at radius 2 is 2.14 bits per heavy atom. The highest BCUT2D eigenvalue weighted by Crippen LogP contribution is 2.27. The highest BCUT2D eigenvalue weighted by Gasteiger charge is 2.23. The van der Waals surface area contributed by atoms with Crippen molar-refractivity contribution in [1.82, 2.24) is 9.97 Å². The van der Waals surface area contributed by atoms with Crippen LogP contribution in [0.15, 0.2) is 6.33 Å². The number of hydrogen-bond acceptors (Lipinski definition) is 6. The van der Waals surface area contributed by atoms with E-state index in [1.807, 2.05) is 0 Å². The zero-order chi connectivity index (χ0) is 10.7. The molecule has 0 fully saturated rings. The Morgan fingerprint density at radius 1 is 1.50 bits per heavy atom. The fourth-order valence-electron chi connectivity index (χ4n) is 0.952. The second-order valence-corrected chi connectivity index (χ2v) is 3.38. The van der Waals surface area contributed by atoms with Gasteiger partial charge in [-0.05, 0) is 0 Å². The number of nitrogen functional groups attached to an aromatic ring is 1. The lowest BCUT2D eigenvalue weighted by atomic mass is 10.1. The molecule has 0 saturated heterocycles. The molecule has 1 heterocycles. The summed E-state index contributed by atoms with van der Waals surface area (Å²) in [4.78, 5) is 7.32. The number of anilines is 1. The predicted molar refractivity (Wildman–Crippen MR) is 56.3 cm³/mol. The maximum absolute atomic E-state index is 9.61. The van der Waals surface area contributed by atoms with E-state index in [-0.39, 0.29) is 22.3 Å². The van der Waals surface area contributed by atoms with Crippen LogP contribution in [0.1, 0.15) is 11.7 Å². The smallest absolute Gasteiger partial charge is 0.140 e. The highest BCUT2D eigenvalue weighted by atomic mass is 35.5. The lowest BCUT2D eigenvalue weighted by Crippen LogP contribution is -2.21. The van der Waals surface area contributed by atoms with Crippen molar-refractivity contribution in [2.75, 3.05) is 11.5 Å². The highest BCUT2D eigenvalue weighted by molar-refractivity contribution is 7.80. The molecule has 0 spiro atoms. The molecule has 0 radical (unpaired) electrons. The van der Waals surface area contributed by atoms with Gasteiger partial charge in [-0.1, -0.05) is 11.6 Å². The minimum atomic E-state index is -1.22. The summed E-state index contributed by atoms with van der Waals surface area (Å²) in [6.07, 6.45) is -1.09. The summed E-state index contributed by atoms with van der Waals surface area (Å²) in [6, 6.07) is 0. The van der Waals surface area contributed by atoms with Gasteiger partial charge >= 0.3 is 0 Å². The van der Waals surface area contributed by atoms with Crippen LogP contribution in [0, 0.1) is 0 Å². The molecule has 1 aromatic heterocycles. The third-order valence-corrected chi connectivity index (χ3v) is 2.39. The number of aliphatic hydroxyl groups is 2. The Bertz CT molecular complexity index is 306. The molecule has 0 aliphatic rings. The molecule has 1 rings (SSSR count). The van der Waals surface area contributed by atoms with E-state index in [1.165, 1.54) is 6.33 Å². The third kappa shape index (κ3) is 2.27. The Kier molecular flexibility index (Phi) is 3.94. The molecule has 2 unspecified atom stereocenters. The van der Waals surface area contributed by atoms with Crippen LogP contribution >= 0.6 is 24.2 Å². The van der Waals surface area contributed by atoms with Gasteiger partial charge in [0, 0.05) is 5.75 Å². The van der Waals surface area contributed by atoms with Crippen molar-refractivity contribution >= 4 is 30.0 Å². The minimum absolute atomic E-state index is 0.0332. The Balaban J connectivity index is 3.05. The van der Waals surface area contributed by atoms with Crippen molar-refractivity contribution < 1.29 is 10.2 Å². The number of hydrogen-bond donors (Lipinski definition) is 4. The van der Waals surface area contributed by atoms with Crippen molar-refractivity contribution in [3.05, 3.63) is 17.0 Å². The molecule has 0 saturated carbocycles. The van der Waals surface area contributed by atoms with Crippen LogP contribution in [0.3, 0.4) is 0 Å². The number of aromatic nitrogens is 2. The van der Waals surface area contributed by atoms with Gasteiger partial charge in [-0.3, -0.25) is 0 Å². The molecular formula is C7H10ClN3O2S. The Hall–Kier alpha value is -0.560. The lowest BCUT2D eigenvalue weighted by molar-refractivity contribution is 0.0339. The molecule has 7 heteroatoms. The average Bonchev–Trinajstić information content (AvgIpc) is 2.16. The standard InChI is InChI=1S/C7H10ClN3O2S/c8-6-4(5(13)3(12)1-14)7(9)11-2-10-6/h2-3,5,12-14H,1H2,(H2,9,10,11). The molecule has 0 aromatic carbocycles. The molecule has 0 bridgehead atoms. The molecule has 2 atom stereocenters. The Labute approximate surface area is 91.4 Å². The normalized spacial score (nSPS) is 15.1. The van der Waals surface area contributed by atoms with E-state index in [1.54, 1.807) is 0 Å². The van der Waals surface area contributed by atoms with E-state index < -0.39 is 12.2 Å². The van der Waals surface area contributed by atoms with Gasteiger partial charge in [0.15, 0.2) is 0 Å². The van der Waals surface area contributed by atoms with Gasteiger partial charge < -0.3 is 15.9 Å². The SMILES string of the molecule is Nc1ncnc(Cl)c1C(O)C(O)CS. The molecule has 0 aliphatic carbocycles. The molecular weight excluding hydrogens is 226 g/mol. The first-order chi connectivity index (χ1) is 6.57. The summed E-state index contributed by atoms with van der Waals surface area (Å²) in [7, 11) is 0. The van der Waals surface area contributed by atoms with Crippen LogP contribution in [0.2, 0.25) is 5.15 Å². The zero-order valence-corrected chi connectivity index (χ0v) is 8.78. The molecule has 78 valence electrons. The van der Waals surface area contributed by atoms with E-state index in [2.05, 4.69) is 22.6 Å². The average molecular weight is 236 g/mol. The summed E-state index contributed by atoms with van der Waals surface area (Å²) >= 11 is 9.54. The van der Waals surface area contributed by atoms with Crippen molar-refractivity contribution in [3.8, 4) is 0 Å². The first-order valence-electron chi connectivity index (χ1n) is 3.80. The first-order valence-corrected chi connectivity index (χ1v) is 4.81. The van der Waals surface area contributed by atoms with Crippen LogP contribution in [0.4, 0.5) is 5.82 Å². The van der Waals surface area contributed by atoms with E-state index in [0.29, 0.717) is 0 Å².